The molecule has 1 aliphatic heterocycles. The molecular weight excluding hydrogens is 338 g/mol. The summed E-state index contributed by atoms with van der Waals surface area (Å²) >= 11 is 9.41. The normalized spacial score (nSPS) is 18.4. The summed E-state index contributed by atoms with van der Waals surface area (Å²) in [6.07, 6.45) is 3.96. The Hall–Kier alpha value is -0.820. The van der Waals surface area contributed by atoms with E-state index in [2.05, 4.69) is 15.5 Å². The van der Waals surface area contributed by atoms with E-state index in [9.17, 15) is 0 Å². The van der Waals surface area contributed by atoms with Crippen LogP contribution in [0.15, 0.2) is 22.5 Å². The third-order valence-electron chi connectivity index (χ3n) is 3.50. The Morgan fingerprint density at radius 2 is 2.32 bits per heavy atom. The predicted molar refractivity (Wildman–Crippen MR) is 93.7 cm³/mol. The van der Waals surface area contributed by atoms with Crippen molar-refractivity contribution in [1.29, 1.82) is 0 Å². The van der Waals surface area contributed by atoms with Crippen molar-refractivity contribution in [3.63, 3.8) is 0 Å². The van der Waals surface area contributed by atoms with Crippen LogP contribution in [0.3, 0.4) is 0 Å². The number of aryl methyl sites for hydroxylation is 1. The molecule has 1 N–H and O–H groups in total. The average Bonchev–Trinajstić information content (AvgIpc) is 2.97. The second-order valence-electron chi connectivity index (χ2n) is 5.26. The lowest BCUT2D eigenvalue weighted by atomic mass is 10.1. The number of halogens is 1. The number of benzene rings is 1. The summed E-state index contributed by atoms with van der Waals surface area (Å²) in [7, 11) is 0. The number of hydrogen-bond acceptors (Lipinski definition) is 6. The molecule has 1 fully saturated rings. The highest BCUT2D eigenvalue weighted by atomic mass is 35.5. The number of aromatic nitrogens is 2. The van der Waals surface area contributed by atoms with E-state index in [1.54, 1.807) is 23.1 Å². The van der Waals surface area contributed by atoms with Crippen LogP contribution >= 0.6 is 34.7 Å². The molecular formula is C15H18ClN3OS2. The van der Waals surface area contributed by atoms with E-state index >= 15 is 0 Å². The third kappa shape index (κ3) is 4.35. The molecule has 1 aromatic heterocycles. The number of thioether (sulfide) groups is 1. The SMILES string of the molecule is Cc1ccc(Nc2nnc(SC[C@@H]3CCCCO3)s2)cc1Cl. The molecule has 1 saturated heterocycles. The fourth-order valence-corrected chi connectivity index (χ4v) is 4.26. The second-order valence-corrected chi connectivity index (χ2v) is 7.91. The Kier molecular flexibility index (Phi) is 5.57. The first-order chi connectivity index (χ1) is 10.7. The molecule has 22 heavy (non-hydrogen) atoms. The molecule has 0 unspecified atom stereocenters. The maximum absolute atomic E-state index is 6.13. The summed E-state index contributed by atoms with van der Waals surface area (Å²) in [5.41, 5.74) is 1.99. The lowest BCUT2D eigenvalue weighted by Gasteiger charge is -2.21. The molecule has 1 aromatic carbocycles. The van der Waals surface area contributed by atoms with Gasteiger partial charge in [-0.25, -0.2) is 0 Å². The smallest absolute Gasteiger partial charge is 0.210 e. The summed E-state index contributed by atoms with van der Waals surface area (Å²) in [5.74, 6) is 0.949. The van der Waals surface area contributed by atoms with Crippen molar-refractivity contribution in [2.75, 3.05) is 17.7 Å². The minimum atomic E-state index is 0.356. The molecule has 118 valence electrons. The molecule has 0 radical (unpaired) electrons. The van der Waals surface area contributed by atoms with E-state index < -0.39 is 0 Å². The minimum Gasteiger partial charge on any atom is -0.377 e. The van der Waals surface area contributed by atoms with Crippen LogP contribution in [-0.2, 0) is 4.74 Å². The summed E-state index contributed by atoms with van der Waals surface area (Å²) in [6, 6.07) is 5.88. The molecule has 4 nitrogen and oxygen atoms in total. The zero-order chi connectivity index (χ0) is 15.4. The van der Waals surface area contributed by atoms with Crippen LogP contribution in [0.5, 0.6) is 0 Å². The van der Waals surface area contributed by atoms with Crippen molar-refractivity contribution >= 4 is 45.5 Å². The average molecular weight is 356 g/mol. The molecule has 2 heterocycles. The highest BCUT2D eigenvalue weighted by Crippen LogP contribution is 2.30. The molecule has 2 aromatic rings. The number of anilines is 2. The van der Waals surface area contributed by atoms with Gasteiger partial charge in [-0.3, -0.25) is 0 Å². The van der Waals surface area contributed by atoms with E-state index in [-0.39, 0.29) is 0 Å². The van der Waals surface area contributed by atoms with Crippen LogP contribution in [0.2, 0.25) is 5.02 Å². The maximum atomic E-state index is 6.13. The number of hydrogen-bond donors (Lipinski definition) is 1. The Morgan fingerprint density at radius 1 is 1.41 bits per heavy atom. The van der Waals surface area contributed by atoms with Gasteiger partial charge in [0, 0.05) is 23.1 Å². The van der Waals surface area contributed by atoms with E-state index in [4.69, 9.17) is 16.3 Å². The van der Waals surface area contributed by atoms with Gasteiger partial charge in [-0.1, -0.05) is 40.8 Å². The quantitative estimate of drug-likeness (QED) is 0.772. The third-order valence-corrected chi connectivity index (χ3v) is 6.01. The summed E-state index contributed by atoms with van der Waals surface area (Å²) in [5, 5.41) is 13.2. The number of rotatable bonds is 5. The van der Waals surface area contributed by atoms with E-state index in [0.29, 0.717) is 6.10 Å². The molecule has 0 bridgehead atoms. The number of nitrogens with zero attached hydrogens (tertiary/aromatic N) is 2. The fourth-order valence-electron chi connectivity index (χ4n) is 2.22. The van der Waals surface area contributed by atoms with Crippen LogP contribution < -0.4 is 5.32 Å². The van der Waals surface area contributed by atoms with Gasteiger partial charge in [0.15, 0.2) is 4.34 Å². The van der Waals surface area contributed by atoms with E-state index in [0.717, 1.165) is 44.5 Å². The van der Waals surface area contributed by atoms with E-state index in [1.165, 1.54) is 12.8 Å². The molecule has 3 rings (SSSR count). The lowest BCUT2D eigenvalue weighted by Crippen LogP contribution is -2.21. The summed E-state index contributed by atoms with van der Waals surface area (Å²) in [6.45, 7) is 2.88. The first-order valence-corrected chi connectivity index (χ1v) is 9.50. The summed E-state index contributed by atoms with van der Waals surface area (Å²) in [4.78, 5) is 0. The molecule has 1 aliphatic rings. The molecule has 0 spiro atoms. The Balaban J connectivity index is 1.55. The predicted octanol–water partition coefficient (Wildman–Crippen LogP) is 4.90. The van der Waals surface area contributed by atoms with Gasteiger partial charge < -0.3 is 10.1 Å². The topological polar surface area (TPSA) is 47.0 Å². The molecule has 0 aliphatic carbocycles. The highest BCUT2D eigenvalue weighted by molar-refractivity contribution is 8.01. The molecule has 1 atom stereocenters. The first-order valence-electron chi connectivity index (χ1n) is 7.32. The van der Waals surface area contributed by atoms with Crippen molar-refractivity contribution < 1.29 is 4.74 Å². The van der Waals surface area contributed by atoms with Gasteiger partial charge in [0.05, 0.1) is 6.10 Å². The van der Waals surface area contributed by atoms with Crippen LogP contribution in [0, 0.1) is 6.92 Å². The van der Waals surface area contributed by atoms with Gasteiger partial charge in [-0.05, 0) is 43.9 Å². The van der Waals surface area contributed by atoms with Crippen LogP contribution in [0.1, 0.15) is 24.8 Å². The van der Waals surface area contributed by atoms with Crippen LogP contribution in [-0.4, -0.2) is 28.7 Å². The van der Waals surface area contributed by atoms with Crippen molar-refractivity contribution in [3.8, 4) is 0 Å². The van der Waals surface area contributed by atoms with Gasteiger partial charge >= 0.3 is 0 Å². The lowest BCUT2D eigenvalue weighted by molar-refractivity contribution is 0.0315. The Morgan fingerprint density at radius 3 is 3.09 bits per heavy atom. The zero-order valence-corrected chi connectivity index (χ0v) is 14.7. The number of nitrogens with one attached hydrogen (secondary N) is 1. The van der Waals surface area contributed by atoms with Gasteiger partial charge in [-0.15, -0.1) is 10.2 Å². The number of ether oxygens (including phenoxy) is 1. The van der Waals surface area contributed by atoms with Gasteiger partial charge in [0.25, 0.3) is 0 Å². The van der Waals surface area contributed by atoms with Crippen molar-refractivity contribution in [2.45, 2.75) is 36.6 Å². The first kappa shape index (κ1) is 16.1. The largest absolute Gasteiger partial charge is 0.377 e. The van der Waals surface area contributed by atoms with Crippen LogP contribution in [0.25, 0.3) is 0 Å². The fraction of sp³-hybridized carbons (Fsp3) is 0.467. The van der Waals surface area contributed by atoms with Crippen molar-refractivity contribution in [1.82, 2.24) is 10.2 Å². The van der Waals surface area contributed by atoms with E-state index in [1.807, 2.05) is 25.1 Å². The Bertz CT molecular complexity index is 629. The molecule has 7 heteroatoms. The van der Waals surface area contributed by atoms with Crippen molar-refractivity contribution in [2.24, 2.45) is 0 Å². The van der Waals surface area contributed by atoms with Gasteiger partial charge in [0.1, 0.15) is 0 Å². The molecule has 0 saturated carbocycles. The second kappa shape index (κ2) is 7.64. The van der Waals surface area contributed by atoms with Gasteiger partial charge in [0.2, 0.25) is 5.13 Å². The molecule has 0 amide bonds. The van der Waals surface area contributed by atoms with Crippen LogP contribution in [0.4, 0.5) is 10.8 Å². The van der Waals surface area contributed by atoms with Crippen molar-refractivity contribution in [3.05, 3.63) is 28.8 Å². The highest BCUT2D eigenvalue weighted by Gasteiger charge is 2.15. The maximum Gasteiger partial charge on any atom is 0.210 e. The summed E-state index contributed by atoms with van der Waals surface area (Å²) < 4.78 is 6.70. The zero-order valence-electron chi connectivity index (χ0n) is 12.3. The minimum absolute atomic E-state index is 0.356. The standard InChI is InChI=1S/C15H18ClN3OS2/c1-10-5-6-11(8-13(10)16)17-14-18-19-15(22-14)21-9-12-4-2-3-7-20-12/h5-6,8,12H,2-4,7,9H2,1H3,(H,17,18)/t12-/m0/s1. The monoisotopic (exact) mass is 355 g/mol. The Labute approximate surface area is 143 Å². The van der Waals surface area contributed by atoms with Gasteiger partial charge in [-0.2, -0.15) is 0 Å².